The number of rotatable bonds is 4. The van der Waals surface area contributed by atoms with E-state index in [1.807, 2.05) is 0 Å². The van der Waals surface area contributed by atoms with Gasteiger partial charge in [0.25, 0.3) is 0 Å². The van der Waals surface area contributed by atoms with Crippen molar-refractivity contribution in [1.29, 1.82) is 0 Å². The van der Waals surface area contributed by atoms with Gasteiger partial charge in [-0.25, -0.2) is 4.57 Å². The van der Waals surface area contributed by atoms with Crippen molar-refractivity contribution >= 4 is 8.69 Å². The summed E-state index contributed by atoms with van der Waals surface area (Å²) >= 11 is 0. The van der Waals surface area contributed by atoms with Crippen LogP contribution in [0.5, 0.6) is 0 Å². The fourth-order valence-corrected chi connectivity index (χ4v) is 0.450. The third-order valence-electron chi connectivity index (χ3n) is 0.642. The molecule has 4 heteroatoms. The number of hydrogen-bond donors (Lipinski definition) is 0. The zero-order valence-corrected chi connectivity index (χ0v) is 8.99. The van der Waals surface area contributed by atoms with Crippen LogP contribution in [0.1, 0.15) is 19.8 Å². The van der Waals surface area contributed by atoms with Crippen LogP contribution in [-0.2, 0) is 9.09 Å². The zero-order chi connectivity index (χ0) is 5.54. The summed E-state index contributed by atoms with van der Waals surface area (Å²) in [6.45, 7) is 2.67. The van der Waals surface area contributed by atoms with Gasteiger partial charge in [0.2, 0.25) is 0 Å². The Balaban J connectivity index is 0. The van der Waals surface area contributed by atoms with E-state index < -0.39 is 0 Å². The largest absolute Gasteiger partial charge is 0.327 e. The van der Waals surface area contributed by atoms with Crippen molar-refractivity contribution in [2.75, 3.05) is 6.61 Å². The molecule has 0 heterocycles. The summed E-state index contributed by atoms with van der Waals surface area (Å²) in [5.74, 6) is 0. The first kappa shape index (κ1) is 12.1. The molecule has 0 spiro atoms. The van der Waals surface area contributed by atoms with Crippen LogP contribution in [0, 0.1) is 40.8 Å². The summed E-state index contributed by atoms with van der Waals surface area (Å²) in [6, 6.07) is 0. The Morgan fingerprint density at radius 2 is 2.25 bits per heavy atom. The van der Waals surface area contributed by atoms with Crippen LogP contribution in [0.3, 0.4) is 0 Å². The molecule has 0 atom stereocenters. The van der Waals surface area contributed by atoms with E-state index in [0.29, 0.717) is 6.61 Å². The van der Waals surface area contributed by atoms with E-state index in [-0.39, 0.29) is 49.5 Å². The summed E-state index contributed by atoms with van der Waals surface area (Å²) in [5, 5.41) is 0. The number of unbranched alkanes of at least 4 members (excludes halogenated alkanes) is 1. The second kappa shape index (κ2) is 11.2. The van der Waals surface area contributed by atoms with E-state index in [0.717, 1.165) is 12.8 Å². The molecule has 0 saturated carbocycles. The third-order valence-corrected chi connectivity index (χ3v) is 0.930. The summed E-state index contributed by atoms with van der Waals surface area (Å²) < 4.78 is 14.0. The van der Waals surface area contributed by atoms with Gasteiger partial charge in [0.15, 0.2) is 0 Å². The summed E-state index contributed by atoms with van der Waals surface area (Å²) in [7, 11) is -0.195. The van der Waals surface area contributed by atoms with Crippen LogP contribution >= 0.6 is 8.69 Å². The van der Waals surface area contributed by atoms with Crippen LogP contribution in [0.4, 0.5) is 0 Å². The monoisotopic (exact) mass is 262 g/mol. The topological polar surface area (TPSA) is 26.3 Å². The fraction of sp³-hybridized carbons (Fsp3) is 1.00. The van der Waals surface area contributed by atoms with Crippen molar-refractivity contribution in [3.8, 4) is 0 Å². The first-order valence-electron chi connectivity index (χ1n) is 2.36. The zero-order valence-electron chi connectivity index (χ0n) is 4.89. The third kappa shape index (κ3) is 10.4. The number of hydrogen-bond acceptors (Lipinski definition) is 2. The Morgan fingerprint density at radius 1 is 1.62 bits per heavy atom. The molecule has 0 unspecified atom stereocenters. The van der Waals surface area contributed by atoms with Crippen molar-refractivity contribution in [2.45, 2.75) is 19.8 Å². The maximum Gasteiger partial charge on any atom is 0.327 e. The van der Waals surface area contributed by atoms with Crippen molar-refractivity contribution < 1.29 is 49.9 Å². The van der Waals surface area contributed by atoms with E-state index in [4.69, 9.17) is 0 Å². The molecular weight excluding hydrogens is 255 g/mol. The van der Waals surface area contributed by atoms with Crippen LogP contribution in [0.25, 0.3) is 0 Å². The molecule has 0 N–H and O–H groups in total. The molecule has 0 radical (unpaired) electrons. The van der Waals surface area contributed by atoms with Crippen LogP contribution < -0.4 is 0 Å². The van der Waals surface area contributed by atoms with Crippen molar-refractivity contribution in [1.82, 2.24) is 0 Å². The van der Waals surface area contributed by atoms with Gasteiger partial charge >= 0.3 is 8.69 Å². The maximum absolute atomic E-state index is 9.55. The molecule has 46 valence electrons. The maximum atomic E-state index is 9.55. The summed E-state index contributed by atoms with van der Waals surface area (Å²) in [5.41, 5.74) is 0. The first-order chi connectivity index (χ1) is 3.41. The van der Waals surface area contributed by atoms with Gasteiger partial charge in [0.1, 0.15) is 0 Å². The average molecular weight is 264 g/mol. The normalized spacial score (nSPS) is 8.62. The Morgan fingerprint density at radius 3 is 2.62 bits per heavy atom. The molecule has 0 rings (SSSR count). The van der Waals surface area contributed by atoms with Gasteiger partial charge in [0, 0.05) is 40.8 Å². The molecule has 0 aromatic carbocycles. The molecule has 2 nitrogen and oxygen atoms in total. The molecule has 0 aliphatic carbocycles. The Kier molecular flexibility index (Phi) is 17.0. The Hall–Kier alpha value is 1.41. The summed E-state index contributed by atoms with van der Waals surface area (Å²) in [6.07, 6.45) is 2.09. The SMILES string of the molecule is CCCCOP=O.[Nd]. The van der Waals surface area contributed by atoms with Crippen LogP contribution in [0.15, 0.2) is 0 Å². The minimum atomic E-state index is -0.195. The van der Waals surface area contributed by atoms with Gasteiger partial charge < -0.3 is 0 Å². The van der Waals surface area contributed by atoms with E-state index in [1.54, 1.807) is 0 Å². The fourth-order valence-electron chi connectivity index (χ4n) is 0.246. The second-order valence-corrected chi connectivity index (χ2v) is 1.67. The van der Waals surface area contributed by atoms with Gasteiger partial charge in [-0.15, -0.1) is 0 Å². The van der Waals surface area contributed by atoms with Gasteiger partial charge in [0.05, 0.1) is 6.61 Å². The first-order valence-corrected chi connectivity index (χ1v) is 3.09. The Labute approximate surface area is 84.2 Å². The minimum Gasteiger partial charge on any atom is -0.294 e. The van der Waals surface area contributed by atoms with Gasteiger partial charge in [-0.2, -0.15) is 0 Å². The second-order valence-electron chi connectivity index (χ2n) is 1.26. The Bertz CT molecular complexity index is 51.3. The standard InChI is InChI=1S/C4H9O2P.Nd/c1-2-3-4-6-7-5;/h2-4H2,1H3;. The molecule has 0 amide bonds. The molecule has 0 fully saturated rings. The van der Waals surface area contributed by atoms with Gasteiger partial charge in [-0.3, -0.25) is 4.52 Å². The van der Waals surface area contributed by atoms with Crippen LogP contribution in [-0.4, -0.2) is 6.61 Å². The van der Waals surface area contributed by atoms with E-state index in [9.17, 15) is 4.57 Å². The van der Waals surface area contributed by atoms with Gasteiger partial charge in [-0.1, -0.05) is 13.3 Å². The van der Waals surface area contributed by atoms with Gasteiger partial charge in [-0.05, 0) is 6.42 Å². The van der Waals surface area contributed by atoms with Crippen LogP contribution in [0.2, 0.25) is 0 Å². The molecule has 0 aliphatic rings. The summed E-state index contributed by atoms with van der Waals surface area (Å²) in [4.78, 5) is 0. The molecule has 0 aromatic heterocycles. The molecule has 8 heavy (non-hydrogen) atoms. The van der Waals surface area contributed by atoms with Crippen molar-refractivity contribution in [3.63, 3.8) is 0 Å². The predicted molar refractivity (Wildman–Crippen MR) is 28.5 cm³/mol. The van der Waals surface area contributed by atoms with E-state index in [1.165, 1.54) is 0 Å². The molecule has 0 aromatic rings. The quantitative estimate of drug-likeness (QED) is 0.573. The molecule has 0 saturated heterocycles. The molecule has 0 aliphatic heterocycles. The molecular formula is C4H9NdO2P. The van der Waals surface area contributed by atoms with Crippen molar-refractivity contribution in [2.24, 2.45) is 0 Å². The average Bonchev–Trinajstić information content (AvgIpc) is 1.69. The van der Waals surface area contributed by atoms with E-state index in [2.05, 4.69) is 11.4 Å². The van der Waals surface area contributed by atoms with E-state index >= 15 is 0 Å². The smallest absolute Gasteiger partial charge is 0.294 e. The predicted octanol–water partition coefficient (Wildman–Crippen LogP) is 2.01. The van der Waals surface area contributed by atoms with Crippen molar-refractivity contribution in [3.05, 3.63) is 0 Å². The molecule has 0 bridgehead atoms. The minimum absolute atomic E-state index is 0.